The molecule has 1 N–H and O–H groups in total. The van der Waals surface area contributed by atoms with Gasteiger partial charge < -0.3 is 9.30 Å². The highest BCUT2D eigenvalue weighted by atomic mass is 16.6. The monoisotopic (exact) mass is 474 g/mol. The van der Waals surface area contributed by atoms with Crippen molar-refractivity contribution in [2.24, 2.45) is 0 Å². The maximum atomic E-state index is 13.3. The first-order chi connectivity index (χ1) is 16.6. The maximum absolute atomic E-state index is 13.3. The Labute approximate surface area is 200 Å². The normalized spacial score (nSPS) is 14.9. The molecule has 1 saturated heterocycles. The number of aryl methyl sites for hydroxylation is 2. The van der Waals surface area contributed by atoms with Gasteiger partial charge in [0, 0.05) is 11.4 Å². The van der Waals surface area contributed by atoms with Gasteiger partial charge in [-0.1, -0.05) is 18.2 Å². The summed E-state index contributed by atoms with van der Waals surface area (Å²) in [4.78, 5) is 50.5. The number of benzene rings is 2. The average molecular weight is 474 g/mol. The molecule has 35 heavy (non-hydrogen) atoms. The van der Waals surface area contributed by atoms with Crippen LogP contribution in [0.15, 0.2) is 54.1 Å². The molecule has 0 saturated carbocycles. The number of aromatic nitrogens is 1. The summed E-state index contributed by atoms with van der Waals surface area (Å²) in [5, 5.41) is 13.9. The molecular weight excluding hydrogens is 452 g/mol. The van der Waals surface area contributed by atoms with Crippen molar-refractivity contribution < 1.29 is 24.0 Å². The topological polar surface area (TPSA) is 124 Å². The van der Waals surface area contributed by atoms with Gasteiger partial charge in [-0.3, -0.25) is 25.0 Å². The predicted octanol–water partition coefficient (Wildman–Crippen LogP) is 3.99. The lowest BCUT2D eigenvalue weighted by atomic mass is 10.1. The Morgan fingerprint density at radius 3 is 2.37 bits per heavy atom. The Bertz CT molecular complexity index is 1440. The standard InChI is InChI=1S/C25H22N4O6/c1-14-7-5-6-8-20(14)28-24(31)19(23(30)26-25(28)32)12-17-11-15(2)27(16(17)3)21-10-9-18(35-4)13-22(21)29(33)34/h5-13H,1-4H3,(H,26,30,32)/b19-12+. The molecule has 0 unspecified atom stereocenters. The van der Waals surface area contributed by atoms with E-state index >= 15 is 0 Å². The predicted molar refractivity (Wildman–Crippen MR) is 129 cm³/mol. The van der Waals surface area contributed by atoms with Gasteiger partial charge in [-0.25, -0.2) is 9.69 Å². The van der Waals surface area contributed by atoms with Crippen LogP contribution >= 0.6 is 0 Å². The molecule has 4 amide bonds. The van der Waals surface area contributed by atoms with Crippen molar-refractivity contribution in [3.05, 3.63) is 86.7 Å². The van der Waals surface area contributed by atoms with Crippen molar-refractivity contribution in [3.63, 3.8) is 0 Å². The van der Waals surface area contributed by atoms with E-state index in [9.17, 15) is 24.5 Å². The Balaban J connectivity index is 1.81. The zero-order valence-electron chi connectivity index (χ0n) is 19.5. The number of hydrogen-bond acceptors (Lipinski definition) is 6. The quantitative estimate of drug-likeness (QED) is 0.258. The van der Waals surface area contributed by atoms with Crippen LogP contribution in [-0.2, 0) is 9.59 Å². The van der Waals surface area contributed by atoms with Crippen molar-refractivity contribution in [1.82, 2.24) is 9.88 Å². The molecule has 178 valence electrons. The number of urea groups is 1. The molecule has 3 aromatic rings. The van der Waals surface area contributed by atoms with Crippen LogP contribution in [0, 0.1) is 30.9 Å². The van der Waals surface area contributed by atoms with E-state index in [0.29, 0.717) is 39.6 Å². The minimum absolute atomic E-state index is 0.159. The first-order valence-electron chi connectivity index (χ1n) is 10.6. The molecule has 2 heterocycles. The average Bonchev–Trinajstić information content (AvgIpc) is 3.09. The van der Waals surface area contributed by atoms with Gasteiger partial charge in [0.15, 0.2) is 0 Å². The van der Waals surface area contributed by atoms with Crippen molar-refractivity contribution in [2.45, 2.75) is 20.8 Å². The fraction of sp³-hybridized carbons (Fsp3) is 0.160. The van der Waals surface area contributed by atoms with Gasteiger partial charge in [0.1, 0.15) is 17.0 Å². The first-order valence-corrected chi connectivity index (χ1v) is 10.6. The second kappa shape index (κ2) is 8.90. The van der Waals surface area contributed by atoms with E-state index in [1.807, 2.05) is 0 Å². The minimum Gasteiger partial charge on any atom is -0.496 e. The molecule has 10 nitrogen and oxygen atoms in total. The van der Waals surface area contributed by atoms with Gasteiger partial charge in [0.05, 0.1) is 23.8 Å². The van der Waals surface area contributed by atoms with E-state index in [0.717, 1.165) is 4.90 Å². The molecule has 1 aromatic heterocycles. The molecule has 1 fully saturated rings. The lowest BCUT2D eigenvalue weighted by Gasteiger charge is -2.27. The van der Waals surface area contributed by atoms with Crippen LogP contribution < -0.4 is 15.0 Å². The summed E-state index contributed by atoms with van der Waals surface area (Å²) in [6.45, 7) is 5.24. The molecular formula is C25H22N4O6. The van der Waals surface area contributed by atoms with Crippen LogP contribution in [0.4, 0.5) is 16.2 Å². The molecule has 4 rings (SSSR count). The van der Waals surface area contributed by atoms with E-state index in [1.165, 1.54) is 19.3 Å². The summed E-state index contributed by atoms with van der Waals surface area (Å²) in [5.41, 5.74) is 2.71. The Kier molecular flexibility index (Phi) is 5.96. The number of nitrogens with one attached hydrogen (secondary N) is 1. The molecule has 10 heteroatoms. The molecule has 2 aromatic carbocycles. The number of nitro groups is 1. The number of carbonyl (C=O) groups excluding carboxylic acids is 3. The number of ether oxygens (including phenoxy) is 1. The van der Waals surface area contributed by atoms with Crippen LogP contribution in [0.25, 0.3) is 11.8 Å². The minimum atomic E-state index is -0.828. The van der Waals surface area contributed by atoms with E-state index < -0.39 is 22.8 Å². The Morgan fingerprint density at radius 1 is 1.00 bits per heavy atom. The molecule has 0 radical (unpaired) electrons. The molecule has 0 aliphatic carbocycles. The number of amides is 4. The van der Waals surface area contributed by atoms with Crippen LogP contribution in [-0.4, -0.2) is 34.4 Å². The number of imide groups is 2. The Hall–Kier alpha value is -4.73. The summed E-state index contributed by atoms with van der Waals surface area (Å²) < 4.78 is 6.78. The molecule has 1 aliphatic heterocycles. The number of anilines is 1. The third kappa shape index (κ3) is 4.05. The van der Waals surface area contributed by atoms with Gasteiger partial charge in [-0.15, -0.1) is 0 Å². The number of methoxy groups -OCH3 is 1. The largest absolute Gasteiger partial charge is 0.496 e. The molecule has 0 atom stereocenters. The van der Waals surface area contributed by atoms with E-state index in [1.54, 1.807) is 67.8 Å². The lowest BCUT2D eigenvalue weighted by Crippen LogP contribution is -2.54. The Morgan fingerprint density at radius 2 is 1.71 bits per heavy atom. The molecule has 0 spiro atoms. The SMILES string of the molecule is COc1ccc(-n2c(C)cc(/C=C3\C(=O)NC(=O)N(c4ccccc4C)C3=O)c2C)c([N+](=O)[O-])c1. The van der Waals surface area contributed by atoms with E-state index in [2.05, 4.69) is 5.32 Å². The number of nitro benzene ring substituents is 1. The summed E-state index contributed by atoms with van der Waals surface area (Å²) in [6, 6.07) is 12.2. The van der Waals surface area contributed by atoms with Crippen molar-refractivity contribution in [3.8, 4) is 11.4 Å². The van der Waals surface area contributed by atoms with Crippen LogP contribution in [0.2, 0.25) is 0 Å². The third-order valence-electron chi connectivity index (χ3n) is 5.85. The zero-order valence-corrected chi connectivity index (χ0v) is 19.5. The van der Waals surface area contributed by atoms with E-state index in [4.69, 9.17) is 4.74 Å². The van der Waals surface area contributed by atoms with Crippen molar-refractivity contribution in [2.75, 3.05) is 12.0 Å². The van der Waals surface area contributed by atoms with Gasteiger partial charge in [-0.2, -0.15) is 0 Å². The van der Waals surface area contributed by atoms with Crippen molar-refractivity contribution >= 4 is 35.3 Å². The fourth-order valence-electron chi connectivity index (χ4n) is 4.12. The number of para-hydroxylation sites is 1. The highest BCUT2D eigenvalue weighted by Gasteiger charge is 2.37. The van der Waals surface area contributed by atoms with Gasteiger partial charge in [0.2, 0.25) is 0 Å². The van der Waals surface area contributed by atoms with Crippen LogP contribution in [0.1, 0.15) is 22.5 Å². The highest BCUT2D eigenvalue weighted by molar-refractivity contribution is 6.39. The van der Waals surface area contributed by atoms with Crippen LogP contribution in [0.5, 0.6) is 5.75 Å². The third-order valence-corrected chi connectivity index (χ3v) is 5.85. The fourth-order valence-corrected chi connectivity index (χ4v) is 4.12. The molecule has 0 bridgehead atoms. The number of nitrogens with zero attached hydrogens (tertiary/aromatic N) is 3. The molecule has 1 aliphatic rings. The summed E-state index contributed by atoms with van der Waals surface area (Å²) in [5.74, 6) is -1.23. The second-order valence-electron chi connectivity index (χ2n) is 8.02. The highest BCUT2D eigenvalue weighted by Crippen LogP contribution is 2.32. The summed E-state index contributed by atoms with van der Waals surface area (Å²) >= 11 is 0. The zero-order chi connectivity index (χ0) is 25.4. The second-order valence-corrected chi connectivity index (χ2v) is 8.02. The lowest BCUT2D eigenvalue weighted by molar-refractivity contribution is -0.384. The van der Waals surface area contributed by atoms with Gasteiger partial charge in [0.25, 0.3) is 17.5 Å². The number of carbonyl (C=O) groups is 3. The van der Waals surface area contributed by atoms with Crippen molar-refractivity contribution in [1.29, 1.82) is 0 Å². The summed E-state index contributed by atoms with van der Waals surface area (Å²) in [6.07, 6.45) is 1.39. The van der Waals surface area contributed by atoms with Gasteiger partial charge >= 0.3 is 6.03 Å². The number of barbiturate groups is 1. The van der Waals surface area contributed by atoms with Crippen LogP contribution in [0.3, 0.4) is 0 Å². The summed E-state index contributed by atoms with van der Waals surface area (Å²) in [7, 11) is 1.42. The smallest absolute Gasteiger partial charge is 0.335 e. The number of rotatable bonds is 5. The maximum Gasteiger partial charge on any atom is 0.335 e. The first kappa shape index (κ1) is 23.4. The van der Waals surface area contributed by atoms with E-state index in [-0.39, 0.29) is 11.3 Å². The van der Waals surface area contributed by atoms with Gasteiger partial charge in [-0.05, 0) is 62.2 Å². The number of hydrogen-bond donors (Lipinski definition) is 1.